The lowest BCUT2D eigenvalue weighted by atomic mass is 9.91. The molecule has 0 spiro atoms. The number of aryl methyl sites for hydroxylation is 1. The van der Waals surface area contributed by atoms with Crippen LogP contribution in [0.3, 0.4) is 0 Å². The molecule has 0 fully saturated rings. The summed E-state index contributed by atoms with van der Waals surface area (Å²) in [4.78, 5) is 11.7. The number of nitrogens with one attached hydrogen (secondary N) is 1. The van der Waals surface area contributed by atoms with Gasteiger partial charge in [0, 0.05) is 10.7 Å². The third kappa shape index (κ3) is 2.94. The highest BCUT2D eigenvalue weighted by Crippen LogP contribution is 2.28. The fourth-order valence-corrected chi connectivity index (χ4v) is 2.25. The van der Waals surface area contributed by atoms with Crippen molar-refractivity contribution in [1.82, 2.24) is 0 Å². The zero-order chi connectivity index (χ0) is 14.8. The number of halogens is 1. The first kappa shape index (κ1) is 14.4. The Morgan fingerprint density at radius 3 is 2.50 bits per heavy atom. The Balaban J connectivity index is 2.42. The average molecular weight is 290 g/mol. The van der Waals surface area contributed by atoms with Gasteiger partial charge in [0.1, 0.15) is 0 Å². The largest absolute Gasteiger partial charge is 0.479 e. The molecule has 104 valence electrons. The Morgan fingerprint density at radius 1 is 1.20 bits per heavy atom. The molecule has 0 amide bonds. The minimum atomic E-state index is -1.24. The molecule has 1 atom stereocenters. The van der Waals surface area contributed by atoms with Crippen LogP contribution in [0.1, 0.15) is 18.1 Å². The highest BCUT2D eigenvalue weighted by Gasteiger charge is 2.35. The van der Waals surface area contributed by atoms with Gasteiger partial charge in [-0.25, -0.2) is 4.79 Å². The lowest BCUT2D eigenvalue weighted by Gasteiger charge is -2.28. The number of carboxylic acids is 1. The van der Waals surface area contributed by atoms with Gasteiger partial charge >= 0.3 is 5.97 Å². The topological polar surface area (TPSA) is 49.3 Å². The van der Waals surface area contributed by atoms with Gasteiger partial charge in [0.2, 0.25) is 0 Å². The summed E-state index contributed by atoms with van der Waals surface area (Å²) in [5.41, 5.74) is 1.20. The maximum atomic E-state index is 11.7. The molecule has 4 heteroatoms. The van der Waals surface area contributed by atoms with E-state index in [1.54, 1.807) is 31.2 Å². The zero-order valence-electron chi connectivity index (χ0n) is 11.4. The van der Waals surface area contributed by atoms with Crippen molar-refractivity contribution < 1.29 is 9.90 Å². The average Bonchev–Trinajstić information content (AvgIpc) is 2.38. The van der Waals surface area contributed by atoms with Crippen LogP contribution in [0.4, 0.5) is 5.69 Å². The van der Waals surface area contributed by atoms with Crippen LogP contribution >= 0.6 is 11.6 Å². The second-order valence-electron chi connectivity index (χ2n) is 4.93. The molecule has 0 radical (unpaired) electrons. The van der Waals surface area contributed by atoms with Crippen molar-refractivity contribution in [1.29, 1.82) is 0 Å². The van der Waals surface area contributed by atoms with Crippen molar-refractivity contribution in [3.05, 3.63) is 64.7 Å². The van der Waals surface area contributed by atoms with Gasteiger partial charge in [-0.05, 0) is 49.2 Å². The van der Waals surface area contributed by atoms with Crippen molar-refractivity contribution in [3.63, 3.8) is 0 Å². The van der Waals surface area contributed by atoms with Gasteiger partial charge in [0.25, 0.3) is 0 Å². The van der Waals surface area contributed by atoms with E-state index < -0.39 is 11.5 Å². The van der Waals surface area contributed by atoms with Crippen LogP contribution in [0.2, 0.25) is 5.02 Å². The smallest absolute Gasteiger partial charge is 0.333 e. The Labute approximate surface area is 123 Å². The minimum absolute atomic E-state index is 0.515. The Bertz CT molecular complexity index is 642. The zero-order valence-corrected chi connectivity index (χ0v) is 12.1. The van der Waals surface area contributed by atoms with Gasteiger partial charge in [-0.15, -0.1) is 0 Å². The second-order valence-corrected chi connectivity index (χ2v) is 5.37. The third-order valence-corrected chi connectivity index (χ3v) is 3.48. The SMILES string of the molecule is Cc1cccc(NC(C)(C(=O)O)c2cccc(Cl)c2)c1. The third-order valence-electron chi connectivity index (χ3n) is 3.24. The van der Waals surface area contributed by atoms with Crippen LogP contribution in [0.25, 0.3) is 0 Å². The lowest BCUT2D eigenvalue weighted by molar-refractivity contribution is -0.142. The number of hydrogen-bond donors (Lipinski definition) is 2. The molecule has 0 bridgehead atoms. The van der Waals surface area contributed by atoms with Gasteiger partial charge in [0.15, 0.2) is 5.54 Å². The number of carbonyl (C=O) groups is 1. The molecule has 0 saturated carbocycles. The summed E-state index contributed by atoms with van der Waals surface area (Å²) in [5.74, 6) is -0.957. The summed E-state index contributed by atoms with van der Waals surface area (Å²) in [7, 11) is 0. The molecule has 0 saturated heterocycles. The molecule has 20 heavy (non-hydrogen) atoms. The molecule has 0 aliphatic heterocycles. The van der Waals surface area contributed by atoms with Crippen LogP contribution in [0.5, 0.6) is 0 Å². The predicted molar refractivity (Wildman–Crippen MR) is 81.2 cm³/mol. The molecule has 1 unspecified atom stereocenters. The standard InChI is InChI=1S/C16H16ClNO2/c1-11-5-3-8-14(9-11)18-16(2,15(19)20)12-6-4-7-13(17)10-12/h3-10,18H,1-2H3,(H,19,20). The summed E-state index contributed by atoms with van der Waals surface area (Å²) >= 11 is 5.96. The van der Waals surface area contributed by atoms with Crippen molar-refractivity contribution in [3.8, 4) is 0 Å². The Hall–Kier alpha value is -2.00. The summed E-state index contributed by atoms with van der Waals surface area (Å²) in [6.07, 6.45) is 0. The lowest BCUT2D eigenvalue weighted by Crippen LogP contribution is -2.40. The summed E-state index contributed by atoms with van der Waals surface area (Å²) in [5, 5.41) is 13.2. The highest BCUT2D eigenvalue weighted by atomic mass is 35.5. The normalized spacial score (nSPS) is 13.6. The van der Waals surface area contributed by atoms with Crippen molar-refractivity contribution in [2.24, 2.45) is 0 Å². The number of aliphatic carboxylic acids is 1. The first-order valence-corrected chi connectivity index (χ1v) is 6.64. The summed E-state index contributed by atoms with van der Waals surface area (Å²) in [6.45, 7) is 3.59. The van der Waals surface area contributed by atoms with Crippen molar-refractivity contribution >= 4 is 23.3 Å². The van der Waals surface area contributed by atoms with E-state index in [0.29, 0.717) is 10.6 Å². The first-order valence-electron chi connectivity index (χ1n) is 6.26. The molecule has 2 rings (SSSR count). The van der Waals surface area contributed by atoms with E-state index in [0.717, 1.165) is 11.3 Å². The van der Waals surface area contributed by atoms with E-state index in [4.69, 9.17) is 11.6 Å². The number of anilines is 1. The van der Waals surface area contributed by atoms with Crippen LogP contribution in [0.15, 0.2) is 48.5 Å². The van der Waals surface area contributed by atoms with Crippen molar-refractivity contribution in [2.75, 3.05) is 5.32 Å². The van der Waals surface area contributed by atoms with Crippen LogP contribution < -0.4 is 5.32 Å². The van der Waals surface area contributed by atoms with E-state index in [-0.39, 0.29) is 0 Å². The fraction of sp³-hybridized carbons (Fsp3) is 0.188. The monoisotopic (exact) mass is 289 g/mol. The molecule has 2 aromatic rings. The molecule has 2 N–H and O–H groups in total. The van der Waals surface area contributed by atoms with Crippen LogP contribution in [-0.2, 0) is 10.3 Å². The maximum Gasteiger partial charge on any atom is 0.333 e. The summed E-state index contributed by atoms with van der Waals surface area (Å²) in [6, 6.07) is 14.5. The van der Waals surface area contributed by atoms with E-state index in [1.165, 1.54) is 0 Å². The number of benzene rings is 2. The molecule has 0 aliphatic carbocycles. The van der Waals surface area contributed by atoms with E-state index in [1.807, 2.05) is 31.2 Å². The van der Waals surface area contributed by atoms with Gasteiger partial charge in [-0.2, -0.15) is 0 Å². The number of hydrogen-bond acceptors (Lipinski definition) is 2. The van der Waals surface area contributed by atoms with Gasteiger partial charge in [0.05, 0.1) is 0 Å². The molecule has 2 aromatic carbocycles. The molecule has 0 aliphatic rings. The Kier molecular flexibility index (Phi) is 4.00. The van der Waals surface area contributed by atoms with E-state index in [9.17, 15) is 9.90 Å². The van der Waals surface area contributed by atoms with Gasteiger partial charge in [-0.1, -0.05) is 35.9 Å². The molecular weight excluding hydrogens is 274 g/mol. The molecule has 0 heterocycles. The van der Waals surface area contributed by atoms with Crippen LogP contribution in [-0.4, -0.2) is 11.1 Å². The summed E-state index contributed by atoms with van der Waals surface area (Å²) < 4.78 is 0. The van der Waals surface area contributed by atoms with Gasteiger partial charge < -0.3 is 10.4 Å². The number of rotatable bonds is 4. The predicted octanol–water partition coefficient (Wildman–Crippen LogP) is 4.06. The Morgan fingerprint density at radius 2 is 1.90 bits per heavy atom. The first-order chi connectivity index (χ1) is 9.41. The highest BCUT2D eigenvalue weighted by molar-refractivity contribution is 6.30. The minimum Gasteiger partial charge on any atom is -0.479 e. The maximum absolute atomic E-state index is 11.7. The van der Waals surface area contributed by atoms with Crippen LogP contribution in [0, 0.1) is 6.92 Å². The second kappa shape index (κ2) is 5.55. The molecule has 0 aromatic heterocycles. The van der Waals surface area contributed by atoms with Gasteiger partial charge in [-0.3, -0.25) is 0 Å². The fourth-order valence-electron chi connectivity index (χ4n) is 2.06. The van der Waals surface area contributed by atoms with E-state index >= 15 is 0 Å². The molecule has 3 nitrogen and oxygen atoms in total. The molecular formula is C16H16ClNO2. The van der Waals surface area contributed by atoms with Crippen molar-refractivity contribution in [2.45, 2.75) is 19.4 Å². The quantitative estimate of drug-likeness (QED) is 0.892. The number of carboxylic acid groups (broad SMARTS) is 1. The van der Waals surface area contributed by atoms with E-state index in [2.05, 4.69) is 5.32 Å².